The summed E-state index contributed by atoms with van der Waals surface area (Å²) in [6, 6.07) is 4.36. The van der Waals surface area contributed by atoms with Gasteiger partial charge in [-0.1, -0.05) is 17.7 Å². The molecule has 21 heavy (non-hydrogen) atoms. The van der Waals surface area contributed by atoms with Crippen molar-refractivity contribution in [2.24, 2.45) is 5.73 Å². The number of pyridine rings is 1. The quantitative estimate of drug-likeness (QED) is 0.789. The van der Waals surface area contributed by atoms with Gasteiger partial charge < -0.3 is 5.73 Å². The van der Waals surface area contributed by atoms with Gasteiger partial charge in [-0.05, 0) is 17.7 Å². The molecule has 2 aromatic heterocycles. The SMILES string of the molecule is NC(=O)c1cnc2cncc(-c3ccc(Cl)c(F)c3)c2n1. The van der Waals surface area contributed by atoms with E-state index in [2.05, 4.69) is 15.0 Å². The van der Waals surface area contributed by atoms with E-state index in [1.54, 1.807) is 6.07 Å². The van der Waals surface area contributed by atoms with E-state index in [0.717, 1.165) is 0 Å². The smallest absolute Gasteiger partial charge is 0.268 e. The number of nitrogens with zero attached hydrogens (tertiary/aromatic N) is 3. The Kier molecular flexibility index (Phi) is 3.23. The average molecular weight is 303 g/mol. The van der Waals surface area contributed by atoms with Crippen LogP contribution >= 0.6 is 11.6 Å². The molecule has 0 fully saturated rings. The molecule has 0 spiro atoms. The Hall–Kier alpha value is -2.60. The highest BCUT2D eigenvalue weighted by atomic mass is 35.5. The number of nitrogens with two attached hydrogens (primary N) is 1. The summed E-state index contributed by atoms with van der Waals surface area (Å²) in [5.74, 6) is -1.24. The van der Waals surface area contributed by atoms with Crippen LogP contribution in [0.2, 0.25) is 5.02 Å². The van der Waals surface area contributed by atoms with Gasteiger partial charge in [-0.15, -0.1) is 0 Å². The van der Waals surface area contributed by atoms with Gasteiger partial charge in [0.05, 0.1) is 17.4 Å². The molecule has 2 heterocycles. The van der Waals surface area contributed by atoms with Crippen molar-refractivity contribution >= 4 is 28.5 Å². The maximum absolute atomic E-state index is 13.6. The maximum Gasteiger partial charge on any atom is 0.268 e. The van der Waals surface area contributed by atoms with Crippen LogP contribution in [-0.4, -0.2) is 20.9 Å². The number of hydrogen-bond acceptors (Lipinski definition) is 4. The fraction of sp³-hybridized carbons (Fsp3) is 0. The molecule has 0 saturated carbocycles. The molecule has 3 rings (SSSR count). The first kappa shape index (κ1) is 13.4. The van der Waals surface area contributed by atoms with Crippen LogP contribution in [0.5, 0.6) is 0 Å². The molecule has 2 N–H and O–H groups in total. The lowest BCUT2D eigenvalue weighted by atomic mass is 10.1. The van der Waals surface area contributed by atoms with Crippen LogP contribution in [0.4, 0.5) is 4.39 Å². The zero-order valence-corrected chi connectivity index (χ0v) is 11.3. The number of carbonyl (C=O) groups is 1. The van der Waals surface area contributed by atoms with Crippen LogP contribution in [0.25, 0.3) is 22.2 Å². The van der Waals surface area contributed by atoms with E-state index in [1.807, 2.05) is 0 Å². The highest BCUT2D eigenvalue weighted by Crippen LogP contribution is 2.28. The van der Waals surface area contributed by atoms with Gasteiger partial charge in [0.25, 0.3) is 5.91 Å². The van der Waals surface area contributed by atoms with Gasteiger partial charge in [-0.25, -0.2) is 9.37 Å². The highest BCUT2D eigenvalue weighted by Gasteiger charge is 2.12. The fourth-order valence-electron chi connectivity index (χ4n) is 1.93. The number of benzene rings is 1. The number of carbonyl (C=O) groups excluding carboxylic acids is 1. The Balaban J connectivity index is 2.28. The summed E-state index contributed by atoms with van der Waals surface area (Å²) in [7, 11) is 0. The van der Waals surface area contributed by atoms with Gasteiger partial charge in [-0.3, -0.25) is 14.8 Å². The zero-order chi connectivity index (χ0) is 15.0. The van der Waals surface area contributed by atoms with Crippen molar-refractivity contribution in [1.29, 1.82) is 0 Å². The number of hydrogen-bond donors (Lipinski definition) is 1. The fourth-order valence-corrected chi connectivity index (χ4v) is 2.05. The summed E-state index contributed by atoms with van der Waals surface area (Å²) in [6.45, 7) is 0. The first-order valence-corrected chi connectivity index (χ1v) is 6.30. The first-order valence-electron chi connectivity index (χ1n) is 5.92. The van der Waals surface area contributed by atoms with Gasteiger partial charge >= 0.3 is 0 Å². The van der Waals surface area contributed by atoms with Crippen molar-refractivity contribution in [3.8, 4) is 11.1 Å². The predicted octanol–water partition coefficient (Wildman–Crippen LogP) is 2.58. The second-order valence-corrected chi connectivity index (χ2v) is 4.71. The summed E-state index contributed by atoms with van der Waals surface area (Å²) in [6.07, 6.45) is 4.30. The molecule has 0 aliphatic rings. The Morgan fingerprint density at radius 1 is 1.24 bits per heavy atom. The molecular formula is C14H8ClFN4O. The van der Waals surface area contributed by atoms with Gasteiger partial charge in [0.15, 0.2) is 0 Å². The topological polar surface area (TPSA) is 81.8 Å². The van der Waals surface area contributed by atoms with Crippen molar-refractivity contribution in [1.82, 2.24) is 15.0 Å². The Morgan fingerprint density at radius 3 is 2.76 bits per heavy atom. The molecule has 0 aliphatic heterocycles. The minimum Gasteiger partial charge on any atom is -0.364 e. The zero-order valence-electron chi connectivity index (χ0n) is 10.5. The molecule has 0 aliphatic carbocycles. The molecule has 7 heteroatoms. The molecule has 3 aromatic rings. The lowest BCUT2D eigenvalue weighted by Gasteiger charge is -2.06. The first-order chi connectivity index (χ1) is 10.1. The van der Waals surface area contributed by atoms with Crippen LogP contribution in [0.3, 0.4) is 0 Å². The highest BCUT2D eigenvalue weighted by molar-refractivity contribution is 6.30. The molecule has 0 unspecified atom stereocenters. The van der Waals surface area contributed by atoms with Crippen LogP contribution in [0.1, 0.15) is 10.5 Å². The van der Waals surface area contributed by atoms with E-state index in [4.69, 9.17) is 17.3 Å². The molecule has 0 atom stereocenters. The normalized spacial score (nSPS) is 10.8. The number of halogens is 2. The van der Waals surface area contributed by atoms with Gasteiger partial charge in [0, 0.05) is 11.8 Å². The third-order valence-electron chi connectivity index (χ3n) is 2.94. The van der Waals surface area contributed by atoms with Crippen molar-refractivity contribution in [2.75, 3.05) is 0 Å². The minimum absolute atomic E-state index is 0.0239. The van der Waals surface area contributed by atoms with Crippen LogP contribution in [0, 0.1) is 5.82 Å². The Bertz CT molecular complexity index is 869. The van der Waals surface area contributed by atoms with E-state index in [1.165, 1.54) is 30.7 Å². The molecule has 1 aromatic carbocycles. The lowest BCUT2D eigenvalue weighted by Crippen LogP contribution is -2.13. The van der Waals surface area contributed by atoms with Crippen LogP contribution in [0.15, 0.2) is 36.8 Å². The molecule has 1 amide bonds. The van der Waals surface area contributed by atoms with Crippen molar-refractivity contribution in [3.05, 3.63) is 53.3 Å². The lowest BCUT2D eigenvalue weighted by molar-refractivity contribution is 0.0995. The monoisotopic (exact) mass is 302 g/mol. The molecule has 5 nitrogen and oxygen atoms in total. The number of amides is 1. The van der Waals surface area contributed by atoms with Crippen molar-refractivity contribution in [2.45, 2.75) is 0 Å². The van der Waals surface area contributed by atoms with Crippen molar-refractivity contribution in [3.63, 3.8) is 0 Å². The van der Waals surface area contributed by atoms with Gasteiger partial charge in [-0.2, -0.15) is 0 Å². The molecule has 0 bridgehead atoms. The molecule has 0 saturated heterocycles. The van der Waals surface area contributed by atoms with Gasteiger partial charge in [0.1, 0.15) is 22.5 Å². The Morgan fingerprint density at radius 2 is 2.05 bits per heavy atom. The summed E-state index contributed by atoms with van der Waals surface area (Å²) in [5, 5.41) is 0.0239. The number of rotatable bonds is 2. The number of fused-ring (bicyclic) bond motifs is 1. The predicted molar refractivity (Wildman–Crippen MR) is 76.3 cm³/mol. The van der Waals surface area contributed by atoms with E-state index < -0.39 is 11.7 Å². The minimum atomic E-state index is -0.686. The summed E-state index contributed by atoms with van der Waals surface area (Å²) >= 11 is 5.67. The molecular weight excluding hydrogens is 295 g/mol. The largest absolute Gasteiger partial charge is 0.364 e. The van der Waals surface area contributed by atoms with Crippen LogP contribution < -0.4 is 5.73 Å². The second kappa shape index (κ2) is 5.06. The van der Waals surface area contributed by atoms with E-state index in [9.17, 15) is 9.18 Å². The summed E-state index contributed by atoms with van der Waals surface area (Å²) in [4.78, 5) is 23.5. The summed E-state index contributed by atoms with van der Waals surface area (Å²) < 4.78 is 13.6. The summed E-state index contributed by atoms with van der Waals surface area (Å²) in [5.41, 5.74) is 7.21. The average Bonchev–Trinajstić information content (AvgIpc) is 2.49. The second-order valence-electron chi connectivity index (χ2n) is 4.30. The van der Waals surface area contributed by atoms with Crippen LogP contribution in [-0.2, 0) is 0 Å². The standard InChI is InChI=1S/C14H8ClFN4O/c15-9-2-1-7(3-10(9)16)8-4-18-5-11-13(8)20-12(6-19-11)14(17)21/h1-6H,(H2,17,21). The Labute approximate surface area is 123 Å². The number of aromatic nitrogens is 3. The third kappa shape index (κ3) is 2.41. The van der Waals surface area contributed by atoms with E-state index in [0.29, 0.717) is 22.2 Å². The third-order valence-corrected chi connectivity index (χ3v) is 3.25. The maximum atomic E-state index is 13.6. The number of primary amides is 1. The van der Waals surface area contributed by atoms with Gasteiger partial charge in [0.2, 0.25) is 0 Å². The van der Waals surface area contributed by atoms with Crippen molar-refractivity contribution < 1.29 is 9.18 Å². The van der Waals surface area contributed by atoms with E-state index >= 15 is 0 Å². The molecule has 104 valence electrons. The van der Waals surface area contributed by atoms with E-state index in [-0.39, 0.29) is 10.7 Å². The molecule has 0 radical (unpaired) electrons.